The van der Waals surface area contributed by atoms with Crippen molar-refractivity contribution in [2.24, 2.45) is 5.10 Å². The molecule has 0 aliphatic rings. The molecule has 0 unspecified atom stereocenters. The number of carbonyl (C=O) groups excluding carboxylic acids is 1. The van der Waals surface area contributed by atoms with Crippen LogP contribution in [0.15, 0.2) is 64.5 Å². The quantitative estimate of drug-likeness (QED) is 0.511. The van der Waals surface area contributed by atoms with Crippen molar-refractivity contribution in [3.05, 3.63) is 81.8 Å². The van der Waals surface area contributed by atoms with Crippen LogP contribution >= 0.6 is 0 Å². The first-order valence-electron chi connectivity index (χ1n) is 8.86. The minimum Gasteiger partial charge on any atom is -0.483 e. The highest BCUT2D eigenvalue weighted by Gasteiger charge is 2.15. The summed E-state index contributed by atoms with van der Waals surface area (Å²) in [5, 5.41) is 7.10. The van der Waals surface area contributed by atoms with Gasteiger partial charge < -0.3 is 4.74 Å². The van der Waals surface area contributed by atoms with Gasteiger partial charge in [0.05, 0.1) is 17.0 Å². The maximum absolute atomic E-state index is 12.7. The predicted molar refractivity (Wildman–Crippen MR) is 108 cm³/mol. The molecule has 28 heavy (non-hydrogen) atoms. The molecule has 0 saturated carbocycles. The molecule has 7 nitrogen and oxygen atoms in total. The molecule has 2 N–H and O–H groups in total. The van der Waals surface area contributed by atoms with Gasteiger partial charge in [0.15, 0.2) is 6.61 Å². The summed E-state index contributed by atoms with van der Waals surface area (Å²) in [6.07, 6.45) is 0. The zero-order valence-electron chi connectivity index (χ0n) is 16.0. The second kappa shape index (κ2) is 8.39. The zero-order valence-corrected chi connectivity index (χ0v) is 16.0. The molecule has 0 spiro atoms. The van der Waals surface area contributed by atoms with Crippen molar-refractivity contribution in [3.8, 4) is 11.4 Å². The topological polar surface area (TPSA) is 88.5 Å². The molecule has 0 aliphatic carbocycles. The third-order valence-corrected chi connectivity index (χ3v) is 4.25. The van der Waals surface area contributed by atoms with E-state index in [-0.39, 0.29) is 12.2 Å². The fourth-order valence-electron chi connectivity index (χ4n) is 2.83. The smallest absolute Gasteiger partial charge is 0.280 e. The summed E-state index contributed by atoms with van der Waals surface area (Å²) in [4.78, 5) is 24.8. The standard InChI is InChI=1S/C21H22N4O3/c1-14-9-7-8-12-18(14)28-13-19(26)23-22-15(2)20-16(3)24-25(21(20)27)17-10-5-4-6-11-17/h4-12,24H,13H2,1-3H3,(H,23,26)/b22-15+. The Kier molecular flexibility index (Phi) is 5.74. The fourth-order valence-corrected chi connectivity index (χ4v) is 2.83. The number of aromatic amines is 1. The van der Waals surface area contributed by atoms with Crippen molar-refractivity contribution >= 4 is 11.6 Å². The zero-order chi connectivity index (χ0) is 20.1. The third kappa shape index (κ3) is 4.20. The van der Waals surface area contributed by atoms with Gasteiger partial charge in [-0.3, -0.25) is 14.7 Å². The summed E-state index contributed by atoms with van der Waals surface area (Å²) in [6, 6.07) is 16.7. The van der Waals surface area contributed by atoms with E-state index >= 15 is 0 Å². The number of nitrogens with one attached hydrogen (secondary N) is 2. The monoisotopic (exact) mass is 378 g/mol. The summed E-state index contributed by atoms with van der Waals surface area (Å²) >= 11 is 0. The number of nitrogens with zero attached hydrogens (tertiary/aromatic N) is 2. The number of benzene rings is 2. The van der Waals surface area contributed by atoms with Crippen molar-refractivity contribution in [2.45, 2.75) is 20.8 Å². The van der Waals surface area contributed by atoms with Gasteiger partial charge in [-0.05, 0) is 44.5 Å². The van der Waals surface area contributed by atoms with Crippen molar-refractivity contribution in [1.29, 1.82) is 0 Å². The van der Waals surface area contributed by atoms with Crippen LogP contribution in [0.2, 0.25) is 0 Å². The summed E-state index contributed by atoms with van der Waals surface area (Å²) in [5.74, 6) is 0.241. The molecule has 0 aliphatic heterocycles. The van der Waals surface area contributed by atoms with E-state index in [4.69, 9.17) is 4.74 Å². The average Bonchev–Trinajstić information content (AvgIpc) is 3.00. The van der Waals surface area contributed by atoms with E-state index in [2.05, 4.69) is 15.6 Å². The van der Waals surface area contributed by atoms with Gasteiger partial charge in [0, 0.05) is 5.69 Å². The van der Waals surface area contributed by atoms with Crippen LogP contribution < -0.4 is 15.7 Å². The van der Waals surface area contributed by atoms with Crippen LogP contribution in [0.25, 0.3) is 5.69 Å². The first kappa shape index (κ1) is 19.2. The molecule has 7 heteroatoms. The van der Waals surface area contributed by atoms with Gasteiger partial charge >= 0.3 is 0 Å². The van der Waals surface area contributed by atoms with Crippen molar-refractivity contribution in [3.63, 3.8) is 0 Å². The van der Waals surface area contributed by atoms with Crippen LogP contribution in [-0.2, 0) is 4.79 Å². The predicted octanol–water partition coefficient (Wildman–Crippen LogP) is 2.70. The molecule has 1 aromatic heterocycles. The number of ether oxygens (including phenoxy) is 1. The highest BCUT2D eigenvalue weighted by molar-refractivity contribution is 6.00. The molecular formula is C21H22N4O3. The van der Waals surface area contributed by atoms with Gasteiger partial charge in [-0.15, -0.1) is 0 Å². The number of carbonyl (C=O) groups is 1. The number of para-hydroxylation sites is 2. The second-order valence-corrected chi connectivity index (χ2v) is 6.37. The lowest BCUT2D eigenvalue weighted by molar-refractivity contribution is -0.123. The number of hydrogen-bond donors (Lipinski definition) is 2. The van der Waals surface area contributed by atoms with E-state index in [1.54, 1.807) is 19.9 Å². The number of hydrazone groups is 1. The van der Waals surface area contributed by atoms with E-state index < -0.39 is 5.91 Å². The number of aryl methyl sites for hydroxylation is 2. The van der Waals surface area contributed by atoms with E-state index in [1.165, 1.54) is 4.68 Å². The molecule has 0 fully saturated rings. The van der Waals surface area contributed by atoms with E-state index in [0.717, 1.165) is 11.3 Å². The number of amides is 1. The first-order chi connectivity index (χ1) is 13.5. The highest BCUT2D eigenvalue weighted by atomic mass is 16.5. The molecule has 0 saturated heterocycles. The lowest BCUT2D eigenvalue weighted by atomic mass is 10.2. The highest BCUT2D eigenvalue weighted by Crippen LogP contribution is 2.15. The first-order valence-corrected chi connectivity index (χ1v) is 8.86. The maximum Gasteiger partial charge on any atom is 0.280 e. The van der Waals surface area contributed by atoms with Gasteiger partial charge in [0.25, 0.3) is 11.5 Å². The molecule has 0 bridgehead atoms. The summed E-state index contributed by atoms with van der Waals surface area (Å²) in [7, 11) is 0. The van der Waals surface area contributed by atoms with E-state index in [0.29, 0.717) is 22.7 Å². The Hall–Kier alpha value is -3.61. The Morgan fingerprint density at radius 3 is 2.50 bits per heavy atom. The molecule has 3 rings (SSSR count). The number of aromatic nitrogens is 2. The van der Waals surface area contributed by atoms with Gasteiger partial charge in [-0.1, -0.05) is 36.4 Å². The lowest BCUT2D eigenvalue weighted by Crippen LogP contribution is -2.27. The number of H-pyrrole nitrogens is 1. The van der Waals surface area contributed by atoms with Crippen LogP contribution in [0.1, 0.15) is 23.7 Å². The fraction of sp³-hybridized carbons (Fsp3) is 0.190. The minimum absolute atomic E-state index is 0.165. The maximum atomic E-state index is 12.7. The van der Waals surface area contributed by atoms with Gasteiger partial charge in [-0.25, -0.2) is 10.1 Å². The lowest BCUT2D eigenvalue weighted by Gasteiger charge is -2.07. The third-order valence-electron chi connectivity index (χ3n) is 4.25. The minimum atomic E-state index is -0.404. The van der Waals surface area contributed by atoms with Crippen LogP contribution in [0.3, 0.4) is 0 Å². The molecule has 2 aromatic carbocycles. The number of rotatable bonds is 6. The Morgan fingerprint density at radius 1 is 1.11 bits per heavy atom. The van der Waals surface area contributed by atoms with E-state index in [9.17, 15) is 9.59 Å². The molecule has 144 valence electrons. The second-order valence-electron chi connectivity index (χ2n) is 6.37. The van der Waals surface area contributed by atoms with Crippen LogP contribution in [0, 0.1) is 13.8 Å². The van der Waals surface area contributed by atoms with Gasteiger partial charge in [-0.2, -0.15) is 5.10 Å². The largest absolute Gasteiger partial charge is 0.483 e. The van der Waals surface area contributed by atoms with Crippen molar-refractivity contribution in [2.75, 3.05) is 6.61 Å². The van der Waals surface area contributed by atoms with Gasteiger partial charge in [0.1, 0.15) is 5.75 Å². The Bertz CT molecular complexity index is 1060. The van der Waals surface area contributed by atoms with Gasteiger partial charge in [0.2, 0.25) is 0 Å². The molecule has 0 atom stereocenters. The summed E-state index contributed by atoms with van der Waals surface area (Å²) < 4.78 is 6.94. The SMILES string of the molecule is C/C(=N\NC(=O)COc1ccccc1C)c1c(C)[nH]n(-c2ccccc2)c1=O. The number of hydrogen-bond acceptors (Lipinski definition) is 4. The van der Waals surface area contributed by atoms with Crippen LogP contribution in [0.4, 0.5) is 0 Å². The molecule has 1 heterocycles. The van der Waals surface area contributed by atoms with Crippen LogP contribution in [0.5, 0.6) is 5.75 Å². The summed E-state index contributed by atoms with van der Waals surface area (Å²) in [6.45, 7) is 5.21. The normalized spacial score (nSPS) is 11.3. The van der Waals surface area contributed by atoms with Crippen molar-refractivity contribution < 1.29 is 9.53 Å². The molecule has 3 aromatic rings. The molecule has 1 amide bonds. The average molecular weight is 378 g/mol. The van der Waals surface area contributed by atoms with Crippen LogP contribution in [-0.4, -0.2) is 28.0 Å². The Morgan fingerprint density at radius 2 is 1.79 bits per heavy atom. The Balaban J connectivity index is 1.70. The Labute approximate surface area is 162 Å². The van der Waals surface area contributed by atoms with E-state index in [1.807, 2.05) is 55.5 Å². The molecule has 0 radical (unpaired) electrons. The summed E-state index contributed by atoms with van der Waals surface area (Å²) in [5.41, 5.74) is 5.38. The molecular weight excluding hydrogens is 356 g/mol. The van der Waals surface area contributed by atoms with Crippen molar-refractivity contribution in [1.82, 2.24) is 15.2 Å².